The molecular weight excluding hydrogens is 364 g/mol. The van der Waals surface area contributed by atoms with Crippen LogP contribution in [-0.4, -0.2) is 36.2 Å². The smallest absolute Gasteiger partial charge is 0.410 e. The predicted molar refractivity (Wildman–Crippen MR) is 110 cm³/mol. The maximum absolute atomic E-state index is 13.0. The summed E-state index contributed by atoms with van der Waals surface area (Å²) < 4.78 is 5.88. The Labute approximate surface area is 170 Å². The number of azide groups is 1. The Hall–Kier alpha value is -2.98. The predicted octanol–water partition coefficient (Wildman–Crippen LogP) is 5.49. The summed E-state index contributed by atoms with van der Waals surface area (Å²) in [5.74, 6) is 0.465. The first-order valence-electron chi connectivity index (χ1n) is 10.4. The van der Waals surface area contributed by atoms with Gasteiger partial charge in [0.2, 0.25) is 0 Å². The summed E-state index contributed by atoms with van der Waals surface area (Å²) in [5, 5.41) is 3.74. The van der Waals surface area contributed by atoms with Gasteiger partial charge in [-0.15, -0.1) is 0 Å². The molecule has 1 aliphatic carbocycles. The molecule has 2 bridgehead atoms. The molecule has 0 spiro atoms. The Morgan fingerprint density at radius 2 is 1.62 bits per heavy atom. The van der Waals surface area contributed by atoms with Crippen molar-refractivity contribution in [1.82, 2.24) is 4.90 Å². The Morgan fingerprint density at radius 1 is 1.03 bits per heavy atom. The third-order valence-electron chi connectivity index (χ3n) is 6.78. The number of carbonyl (C=O) groups excluding carboxylic acids is 1. The van der Waals surface area contributed by atoms with Crippen LogP contribution >= 0.6 is 0 Å². The van der Waals surface area contributed by atoms with Gasteiger partial charge in [0, 0.05) is 29.5 Å². The van der Waals surface area contributed by atoms with Crippen LogP contribution in [0.3, 0.4) is 0 Å². The Morgan fingerprint density at radius 3 is 2.21 bits per heavy atom. The zero-order valence-electron chi connectivity index (χ0n) is 16.3. The molecule has 2 unspecified atom stereocenters. The van der Waals surface area contributed by atoms with Crippen molar-refractivity contribution >= 4 is 6.09 Å². The molecule has 1 amide bonds. The minimum absolute atomic E-state index is 0.0894. The first kappa shape index (κ1) is 18.1. The quantitative estimate of drug-likeness (QED) is 0.394. The monoisotopic (exact) mass is 388 g/mol. The minimum Gasteiger partial charge on any atom is -0.448 e. The normalized spacial score (nSPS) is 24.6. The van der Waals surface area contributed by atoms with Gasteiger partial charge in [-0.25, -0.2) is 4.79 Å². The highest BCUT2D eigenvalue weighted by Gasteiger charge is 2.44. The Bertz CT molecular complexity index is 925. The van der Waals surface area contributed by atoms with Crippen LogP contribution in [0.1, 0.15) is 42.7 Å². The lowest BCUT2D eigenvalue weighted by molar-refractivity contribution is 0.0569. The van der Waals surface area contributed by atoms with Crippen LogP contribution in [0.2, 0.25) is 0 Å². The second-order valence-electron chi connectivity index (χ2n) is 8.35. The number of piperidine rings is 1. The summed E-state index contributed by atoms with van der Waals surface area (Å²) in [6, 6.07) is 17.2. The van der Waals surface area contributed by atoms with Crippen LogP contribution in [0.15, 0.2) is 53.6 Å². The largest absolute Gasteiger partial charge is 0.448 e. The molecule has 2 aromatic rings. The van der Waals surface area contributed by atoms with Crippen molar-refractivity contribution in [2.45, 2.75) is 43.7 Å². The van der Waals surface area contributed by atoms with Gasteiger partial charge in [-0.05, 0) is 59.4 Å². The SMILES string of the molecule is [N-]=[N+]=NCC1CC2CCC(C1)N2C(=O)OCC1c2ccccc2-c2ccccc21. The maximum Gasteiger partial charge on any atom is 0.410 e. The van der Waals surface area contributed by atoms with Gasteiger partial charge in [0.05, 0.1) is 0 Å². The van der Waals surface area contributed by atoms with Crippen LogP contribution in [0.4, 0.5) is 4.79 Å². The molecule has 6 heteroatoms. The number of rotatable bonds is 4. The van der Waals surface area contributed by atoms with Gasteiger partial charge in [0.25, 0.3) is 0 Å². The van der Waals surface area contributed by atoms with Crippen molar-refractivity contribution in [3.8, 4) is 11.1 Å². The summed E-state index contributed by atoms with van der Waals surface area (Å²) in [7, 11) is 0. The molecule has 2 heterocycles. The molecule has 0 radical (unpaired) electrons. The van der Waals surface area contributed by atoms with E-state index in [2.05, 4.69) is 46.4 Å². The van der Waals surface area contributed by atoms with E-state index in [1.165, 1.54) is 22.3 Å². The lowest BCUT2D eigenvalue weighted by Crippen LogP contribution is -2.47. The Kier molecular flexibility index (Phi) is 4.64. The number of amides is 1. The van der Waals surface area contributed by atoms with E-state index in [4.69, 9.17) is 10.3 Å². The average molecular weight is 388 g/mol. The fourth-order valence-corrected chi connectivity index (χ4v) is 5.56. The molecule has 2 atom stereocenters. The fraction of sp³-hybridized carbons (Fsp3) is 0.435. The van der Waals surface area contributed by atoms with Crippen molar-refractivity contribution in [1.29, 1.82) is 0 Å². The van der Waals surface area contributed by atoms with Crippen LogP contribution in [0.25, 0.3) is 21.6 Å². The van der Waals surface area contributed by atoms with Gasteiger partial charge in [-0.3, -0.25) is 0 Å². The number of benzene rings is 2. The van der Waals surface area contributed by atoms with E-state index in [1.54, 1.807) is 0 Å². The standard InChI is InChI=1S/C23H24N4O2/c24-26-25-13-15-11-16-9-10-17(12-15)27(16)23(28)29-14-22-20-7-3-1-5-18(20)19-6-2-4-8-21(19)22/h1-8,15-17,22H,9-14H2. The molecular formula is C23H24N4O2. The average Bonchev–Trinajstić information content (AvgIpc) is 3.22. The third-order valence-corrected chi connectivity index (χ3v) is 6.78. The van der Waals surface area contributed by atoms with E-state index < -0.39 is 0 Å². The molecule has 2 saturated heterocycles. The van der Waals surface area contributed by atoms with E-state index in [-0.39, 0.29) is 24.1 Å². The lowest BCUT2D eigenvalue weighted by atomic mass is 9.91. The fourth-order valence-electron chi connectivity index (χ4n) is 5.56. The molecule has 0 N–H and O–H groups in total. The minimum atomic E-state index is -0.193. The summed E-state index contributed by atoms with van der Waals surface area (Å²) in [5.41, 5.74) is 13.5. The van der Waals surface area contributed by atoms with Gasteiger partial charge >= 0.3 is 6.09 Å². The zero-order valence-corrected chi connectivity index (χ0v) is 16.3. The highest BCUT2D eigenvalue weighted by molar-refractivity contribution is 5.79. The topological polar surface area (TPSA) is 78.3 Å². The maximum atomic E-state index is 13.0. The van der Waals surface area contributed by atoms with Gasteiger partial charge in [0.15, 0.2) is 0 Å². The highest BCUT2D eigenvalue weighted by atomic mass is 16.6. The van der Waals surface area contributed by atoms with Crippen molar-refractivity contribution in [2.24, 2.45) is 11.0 Å². The van der Waals surface area contributed by atoms with Crippen molar-refractivity contribution in [2.75, 3.05) is 13.2 Å². The van der Waals surface area contributed by atoms with Crippen molar-refractivity contribution < 1.29 is 9.53 Å². The number of fused-ring (bicyclic) bond motifs is 5. The van der Waals surface area contributed by atoms with Crippen molar-refractivity contribution in [3.05, 3.63) is 70.1 Å². The molecule has 2 aromatic carbocycles. The summed E-state index contributed by atoms with van der Waals surface area (Å²) >= 11 is 0. The second kappa shape index (κ2) is 7.45. The second-order valence-corrected chi connectivity index (χ2v) is 8.35. The Balaban J connectivity index is 1.29. The summed E-state index contributed by atoms with van der Waals surface area (Å²) in [6.45, 7) is 0.896. The van der Waals surface area contributed by atoms with Crippen molar-refractivity contribution in [3.63, 3.8) is 0 Å². The number of hydrogen-bond donors (Lipinski definition) is 0. The molecule has 3 aliphatic rings. The number of ether oxygens (including phenoxy) is 1. The molecule has 6 nitrogen and oxygen atoms in total. The van der Waals surface area contributed by atoms with Gasteiger partial charge in [-0.2, -0.15) is 0 Å². The van der Waals surface area contributed by atoms with Crippen LogP contribution in [-0.2, 0) is 4.74 Å². The molecule has 2 fully saturated rings. The summed E-state index contributed by atoms with van der Waals surface area (Å²) in [4.78, 5) is 17.8. The van der Waals surface area contributed by atoms with E-state index in [9.17, 15) is 4.79 Å². The van der Waals surface area contributed by atoms with E-state index in [0.29, 0.717) is 19.1 Å². The molecule has 29 heavy (non-hydrogen) atoms. The van der Waals surface area contributed by atoms with Crippen LogP contribution in [0, 0.1) is 5.92 Å². The van der Waals surface area contributed by atoms with Gasteiger partial charge in [-0.1, -0.05) is 53.6 Å². The van der Waals surface area contributed by atoms with E-state index in [1.807, 2.05) is 17.0 Å². The molecule has 5 rings (SSSR count). The zero-order chi connectivity index (χ0) is 19.8. The number of nitrogens with zero attached hydrogens (tertiary/aromatic N) is 4. The van der Waals surface area contributed by atoms with E-state index in [0.717, 1.165) is 25.7 Å². The van der Waals surface area contributed by atoms with Gasteiger partial charge in [0.1, 0.15) is 6.61 Å². The molecule has 0 saturated carbocycles. The van der Waals surface area contributed by atoms with E-state index >= 15 is 0 Å². The number of carbonyl (C=O) groups is 1. The van der Waals surface area contributed by atoms with Crippen LogP contribution in [0.5, 0.6) is 0 Å². The molecule has 148 valence electrons. The first-order valence-corrected chi connectivity index (χ1v) is 10.4. The summed E-state index contributed by atoms with van der Waals surface area (Å²) in [6.07, 6.45) is 3.64. The number of hydrogen-bond acceptors (Lipinski definition) is 3. The lowest BCUT2D eigenvalue weighted by Gasteiger charge is -2.38. The highest BCUT2D eigenvalue weighted by Crippen LogP contribution is 2.45. The van der Waals surface area contributed by atoms with Crippen LogP contribution < -0.4 is 0 Å². The molecule has 0 aromatic heterocycles. The molecule has 2 aliphatic heterocycles. The third kappa shape index (κ3) is 3.14. The first-order chi connectivity index (χ1) is 14.3. The van der Waals surface area contributed by atoms with Gasteiger partial charge < -0.3 is 9.64 Å².